The quantitative estimate of drug-likeness (QED) is 0.0260. The van der Waals surface area contributed by atoms with Gasteiger partial charge in [0.1, 0.15) is 25.8 Å². The van der Waals surface area contributed by atoms with Crippen LogP contribution in [-0.4, -0.2) is 79.7 Å². The molecule has 2 unspecified atom stereocenters. The molecule has 11 heteroatoms. The van der Waals surface area contributed by atoms with Crippen LogP contribution in [0.2, 0.25) is 12.6 Å². The number of rotatable bonds is 25. The number of hydrogen-bond acceptors (Lipinski definition) is 7. The molecule has 424 valence electrons. The Morgan fingerprint density at radius 2 is 0.937 bits per heavy atom. The van der Waals surface area contributed by atoms with Crippen LogP contribution in [-0.2, 0) is 35.7 Å². The Kier molecular flexibility index (Phi) is 21.8. The van der Waals surface area contributed by atoms with E-state index in [2.05, 4.69) is 148 Å². The number of carbonyl (C=O) groups excluding carboxylic acids is 3. The SMILES string of the molecule is CC(=O)c1ccc2c(CN(CCCCCCNC(=O)OC(C)(C)C)Cc3ccccc3C3[B]CC(C)(C)CC3)c3ccccc3c(CN(CCCCCCNC(=O)OC(C)(C)C)Cc3ccccc3C3[B]CC(C)(C)CC3)c2c1. The van der Waals surface area contributed by atoms with Gasteiger partial charge in [0, 0.05) is 44.8 Å². The number of alkyl carbamates (subject to hydrolysis) is 2. The van der Waals surface area contributed by atoms with Crippen molar-refractivity contribution < 1.29 is 23.9 Å². The van der Waals surface area contributed by atoms with Crippen molar-refractivity contribution in [2.75, 3.05) is 26.2 Å². The minimum absolute atomic E-state index is 0.0730. The largest absolute Gasteiger partial charge is 0.444 e. The fraction of sp³-hybridized carbons (Fsp3) is 0.574. The highest BCUT2D eigenvalue weighted by atomic mass is 16.6. The van der Waals surface area contributed by atoms with E-state index >= 15 is 0 Å². The van der Waals surface area contributed by atoms with E-state index in [9.17, 15) is 14.4 Å². The second-order valence-electron chi connectivity index (χ2n) is 26.8. The molecule has 5 aromatic rings. The van der Waals surface area contributed by atoms with Gasteiger partial charge in [-0.2, -0.15) is 0 Å². The number of ether oxygens (including phenoxy) is 2. The van der Waals surface area contributed by atoms with Crippen LogP contribution in [0.25, 0.3) is 21.5 Å². The molecule has 2 atom stereocenters. The zero-order valence-electron chi connectivity index (χ0n) is 50.5. The van der Waals surface area contributed by atoms with Crippen molar-refractivity contribution in [2.24, 2.45) is 10.8 Å². The molecule has 0 aromatic heterocycles. The summed E-state index contributed by atoms with van der Waals surface area (Å²) in [4.78, 5) is 43.5. The normalized spacial score (nSPS) is 17.3. The molecule has 0 saturated carbocycles. The topological polar surface area (TPSA) is 100 Å². The molecule has 2 heterocycles. The van der Waals surface area contributed by atoms with E-state index in [-0.39, 0.29) is 18.0 Å². The summed E-state index contributed by atoms with van der Waals surface area (Å²) < 4.78 is 11.0. The standard InChI is InChI=1S/C68H96B2N4O5/c1-49(75)50-32-33-57-58(42-50)60(46-74(41-25-15-13-23-39-72-64(77)79-66(5,6)7)44-52-27-17-19-29-54(52)62-35-37-68(10,11)48-70-62)56-31-21-20-30-55(56)59(57)45-73(40-24-14-12-22-38-71-63(76)78-65(2,3)4)43-51-26-16-18-28-53(51)61-34-36-67(8,9)47-69-61/h16-21,26-33,42,61-62H,12-15,22-25,34-41,43-48H2,1-11H3,(H,71,76)(H,72,77). The molecule has 2 radical (unpaired) electrons. The molecule has 7 rings (SSSR count). The van der Waals surface area contributed by atoms with E-state index in [1.165, 1.54) is 75.2 Å². The van der Waals surface area contributed by atoms with Crippen molar-refractivity contribution >= 4 is 54.1 Å². The van der Waals surface area contributed by atoms with E-state index in [4.69, 9.17) is 9.47 Å². The van der Waals surface area contributed by atoms with Crippen LogP contribution in [0.15, 0.2) is 91.0 Å². The molecule has 79 heavy (non-hydrogen) atoms. The summed E-state index contributed by atoms with van der Waals surface area (Å²) in [5, 5.41) is 10.8. The molecule has 0 bridgehead atoms. The van der Waals surface area contributed by atoms with E-state index in [1.54, 1.807) is 6.92 Å². The molecule has 0 aliphatic carbocycles. The molecular formula is C68H96B2N4O5. The fourth-order valence-electron chi connectivity index (χ4n) is 12.0. The van der Waals surface area contributed by atoms with Crippen molar-refractivity contribution in [3.8, 4) is 0 Å². The van der Waals surface area contributed by atoms with E-state index in [0.717, 1.165) is 114 Å². The summed E-state index contributed by atoms with van der Waals surface area (Å²) in [7, 11) is 5.15. The monoisotopic (exact) mass is 1070 g/mol. The lowest BCUT2D eigenvalue weighted by molar-refractivity contribution is 0.0515. The van der Waals surface area contributed by atoms with Crippen molar-refractivity contribution in [3.05, 3.63) is 130 Å². The van der Waals surface area contributed by atoms with Gasteiger partial charge in [0.25, 0.3) is 0 Å². The predicted molar refractivity (Wildman–Crippen MR) is 331 cm³/mol. The summed E-state index contributed by atoms with van der Waals surface area (Å²) >= 11 is 0. The number of nitrogens with one attached hydrogen (secondary N) is 2. The third-order valence-electron chi connectivity index (χ3n) is 16.4. The van der Waals surface area contributed by atoms with Gasteiger partial charge in [-0.15, -0.1) is 0 Å². The predicted octanol–water partition coefficient (Wildman–Crippen LogP) is 16.3. The Morgan fingerprint density at radius 3 is 1.35 bits per heavy atom. The maximum atomic E-state index is 13.4. The summed E-state index contributed by atoms with van der Waals surface area (Å²) in [6.45, 7) is 28.8. The van der Waals surface area contributed by atoms with Gasteiger partial charge < -0.3 is 20.1 Å². The third kappa shape index (κ3) is 19.0. The van der Waals surface area contributed by atoms with Crippen molar-refractivity contribution in [1.29, 1.82) is 0 Å². The minimum atomic E-state index is -0.521. The van der Waals surface area contributed by atoms with Gasteiger partial charge in [0.2, 0.25) is 0 Å². The van der Waals surface area contributed by atoms with Crippen LogP contribution in [0.1, 0.15) is 209 Å². The molecule has 2 saturated heterocycles. The number of nitrogens with zero attached hydrogens (tertiary/aromatic N) is 2. The van der Waals surface area contributed by atoms with Crippen molar-refractivity contribution in [1.82, 2.24) is 20.4 Å². The lowest BCUT2D eigenvalue weighted by Gasteiger charge is -2.35. The number of hydrogen-bond donors (Lipinski definition) is 2. The number of benzene rings is 5. The maximum Gasteiger partial charge on any atom is 0.407 e. The molecule has 0 spiro atoms. The Labute approximate surface area is 478 Å². The van der Waals surface area contributed by atoms with E-state index in [1.807, 2.05) is 47.6 Å². The summed E-state index contributed by atoms with van der Waals surface area (Å²) in [5.74, 6) is 0.953. The second kappa shape index (κ2) is 28.0. The molecule has 2 aliphatic heterocycles. The average molecular weight is 1070 g/mol. The molecular weight excluding hydrogens is 974 g/mol. The molecule has 9 nitrogen and oxygen atoms in total. The minimum Gasteiger partial charge on any atom is -0.444 e. The van der Waals surface area contributed by atoms with Crippen LogP contribution < -0.4 is 10.6 Å². The first-order chi connectivity index (χ1) is 37.5. The highest BCUT2D eigenvalue weighted by Crippen LogP contribution is 2.42. The first kappa shape index (κ1) is 61.5. The second-order valence-corrected chi connectivity index (χ2v) is 26.8. The molecule has 5 aromatic carbocycles. The van der Waals surface area contributed by atoms with Crippen LogP contribution >= 0.6 is 0 Å². The van der Waals surface area contributed by atoms with Gasteiger partial charge in [-0.25, -0.2) is 9.59 Å². The molecule has 2 fully saturated rings. The summed E-state index contributed by atoms with van der Waals surface area (Å²) in [6, 6.07) is 33.8. The number of carbonyl (C=O) groups is 3. The number of Topliss-reactive ketones (excluding diaryl/α,β-unsaturated/α-hetero) is 1. The Bertz CT molecular complexity index is 2790. The maximum absolute atomic E-state index is 13.4. The number of ketones is 1. The Morgan fingerprint density at radius 1 is 0.532 bits per heavy atom. The first-order valence-electron chi connectivity index (χ1n) is 30.2. The molecule has 2 N–H and O–H groups in total. The van der Waals surface area contributed by atoms with Crippen LogP contribution in [0.4, 0.5) is 9.59 Å². The highest BCUT2D eigenvalue weighted by molar-refractivity contribution is 6.39. The van der Waals surface area contributed by atoms with E-state index < -0.39 is 11.2 Å². The average Bonchev–Trinajstić information content (AvgIpc) is 3.48. The first-order valence-corrected chi connectivity index (χ1v) is 30.2. The number of unbranched alkanes of at least 4 members (excludes halogenated alkanes) is 6. The van der Waals surface area contributed by atoms with Crippen LogP contribution in [0, 0.1) is 10.8 Å². The molecule has 2 aliphatic rings. The van der Waals surface area contributed by atoms with Gasteiger partial charge in [0.15, 0.2) is 5.78 Å². The Hall–Kier alpha value is -5.12. The number of amides is 2. The van der Waals surface area contributed by atoms with Crippen LogP contribution in [0.5, 0.6) is 0 Å². The van der Waals surface area contributed by atoms with Gasteiger partial charge in [-0.05, 0) is 184 Å². The lowest BCUT2D eigenvalue weighted by Crippen LogP contribution is -2.33. The van der Waals surface area contributed by atoms with Gasteiger partial charge in [0.05, 0.1) is 0 Å². The zero-order chi connectivity index (χ0) is 56.8. The summed E-state index contributed by atoms with van der Waals surface area (Å²) in [6.07, 6.45) is 14.3. The van der Waals surface area contributed by atoms with Gasteiger partial charge in [-0.3, -0.25) is 14.6 Å². The highest BCUT2D eigenvalue weighted by Gasteiger charge is 2.32. The van der Waals surface area contributed by atoms with Gasteiger partial charge >= 0.3 is 12.2 Å². The van der Waals surface area contributed by atoms with Gasteiger partial charge in [-0.1, -0.05) is 164 Å². The smallest absolute Gasteiger partial charge is 0.407 e. The Balaban J connectivity index is 1.20. The fourth-order valence-corrected chi connectivity index (χ4v) is 12.0. The number of fused-ring (bicyclic) bond motifs is 2. The summed E-state index contributed by atoms with van der Waals surface area (Å²) in [5.41, 5.74) is 8.65. The third-order valence-corrected chi connectivity index (χ3v) is 16.4. The van der Waals surface area contributed by atoms with Crippen molar-refractivity contribution in [3.63, 3.8) is 0 Å². The zero-order valence-corrected chi connectivity index (χ0v) is 50.5. The van der Waals surface area contributed by atoms with Crippen LogP contribution in [0.3, 0.4) is 0 Å². The van der Waals surface area contributed by atoms with E-state index in [0.29, 0.717) is 35.6 Å². The van der Waals surface area contributed by atoms with Crippen molar-refractivity contribution in [2.45, 2.75) is 215 Å². The lowest BCUT2D eigenvalue weighted by atomic mass is 9.47. The molecule has 2 amide bonds.